The number of amides is 1. The summed E-state index contributed by atoms with van der Waals surface area (Å²) in [6.07, 6.45) is 0. The van der Waals surface area contributed by atoms with Crippen LogP contribution in [0.2, 0.25) is 0 Å². The molecule has 98 valence electrons. The number of nitrogens with two attached hydrogens (primary N) is 1. The summed E-state index contributed by atoms with van der Waals surface area (Å²) in [4.78, 5) is 10.7. The molecule has 4 heteroatoms. The van der Waals surface area contributed by atoms with E-state index in [1.54, 1.807) is 0 Å². The van der Waals surface area contributed by atoms with Gasteiger partial charge in [0.1, 0.15) is 0 Å². The normalized spacial score (nSPS) is 8.53. The first-order valence-electron chi connectivity index (χ1n) is 5.17. The van der Waals surface area contributed by atoms with Crippen LogP contribution in [0, 0.1) is 0 Å². The van der Waals surface area contributed by atoms with Gasteiger partial charge in [0.05, 0.1) is 6.54 Å². The van der Waals surface area contributed by atoms with Gasteiger partial charge >= 0.3 is 0 Å². The van der Waals surface area contributed by atoms with Crippen LogP contribution in [-0.2, 0) is 28.4 Å². The maximum Gasteiger partial charge on any atom is 0.233 e. The van der Waals surface area contributed by atoms with Gasteiger partial charge in [-0.25, -0.2) is 12.1 Å². The Kier molecular flexibility index (Phi) is 9.06. The molecule has 0 spiro atoms. The van der Waals surface area contributed by atoms with E-state index in [1.807, 2.05) is 54.6 Å². The Bertz CT molecular complexity index is 351. The average molecular weight is 272 g/mol. The molecule has 2 aromatic carbocycles. The fraction of sp³-hybridized carbons (Fsp3) is 0.154. The molecule has 3 N–H and O–H groups in total. The van der Waals surface area contributed by atoms with Crippen LogP contribution in [0.15, 0.2) is 54.6 Å². The quantitative estimate of drug-likeness (QED) is 0.655. The summed E-state index contributed by atoms with van der Waals surface area (Å²) in [5.41, 5.74) is 6.20. The average Bonchev–Trinajstić information content (AvgIpc) is 3.00. The molecule has 2 rings (SSSR count). The number of carbonyl (C=O) groups is 1. The summed E-state index contributed by atoms with van der Waals surface area (Å²) in [6, 6.07) is 17.8. The first-order chi connectivity index (χ1) is 7.83. The van der Waals surface area contributed by atoms with Crippen molar-refractivity contribution in [2.45, 2.75) is 6.54 Å². The van der Waals surface area contributed by atoms with Crippen molar-refractivity contribution in [2.75, 3.05) is 6.54 Å². The van der Waals surface area contributed by atoms with E-state index in [-0.39, 0.29) is 29.5 Å². The number of hydrogen-bond donors (Lipinski definition) is 2. The van der Waals surface area contributed by atoms with E-state index in [4.69, 9.17) is 5.73 Å². The number of nitrogens with one attached hydrogen (secondary N) is 1. The molecule has 0 saturated carbocycles. The van der Waals surface area contributed by atoms with Gasteiger partial charge in [0.25, 0.3) is 0 Å². The van der Waals surface area contributed by atoms with Crippen LogP contribution < -0.4 is 11.1 Å². The molecule has 0 radical (unpaired) electrons. The Morgan fingerprint density at radius 1 is 1.12 bits per heavy atom. The third-order valence-electron chi connectivity index (χ3n) is 1.96. The fourth-order valence-electron chi connectivity index (χ4n) is 1.13. The van der Waals surface area contributed by atoms with Crippen molar-refractivity contribution >= 4 is 5.91 Å². The number of carbonyl (C=O) groups excluding carboxylic acids is 1. The second-order valence-corrected chi connectivity index (χ2v) is 3.24. The smallest absolute Gasteiger partial charge is 0.233 e. The third kappa shape index (κ3) is 7.52. The van der Waals surface area contributed by atoms with E-state index in [0.717, 1.165) is 5.56 Å². The largest absolute Gasteiger partial charge is 0.748 e. The maximum absolute atomic E-state index is 10.7. The second kappa shape index (κ2) is 9.85. The summed E-state index contributed by atoms with van der Waals surface area (Å²) in [5.74, 6) is -0.119. The number of hydrogen-bond acceptors (Lipinski definition) is 2. The van der Waals surface area contributed by atoms with Crippen LogP contribution in [0.5, 0.6) is 0 Å². The Morgan fingerprint density at radius 3 is 2.00 bits per heavy atom. The Morgan fingerprint density at radius 2 is 1.59 bits per heavy atom. The topological polar surface area (TPSA) is 55.1 Å². The predicted molar refractivity (Wildman–Crippen MR) is 65.0 cm³/mol. The molecule has 0 atom stereocenters. The van der Waals surface area contributed by atoms with Gasteiger partial charge in [-0.05, 0) is 6.54 Å². The van der Waals surface area contributed by atoms with Gasteiger partial charge < -0.3 is 41.4 Å². The fourth-order valence-corrected chi connectivity index (χ4v) is 1.13. The minimum atomic E-state index is -0.119. The number of rotatable bonds is 3. The molecule has 0 saturated heterocycles. The zero-order valence-electron chi connectivity index (χ0n) is 9.45. The molecule has 0 heterocycles. The van der Waals surface area contributed by atoms with Crippen molar-refractivity contribution in [3.63, 3.8) is 0 Å². The van der Waals surface area contributed by atoms with Gasteiger partial charge in [-0.1, -0.05) is 0 Å². The van der Waals surface area contributed by atoms with Gasteiger partial charge in [-0.3, -0.25) is 4.79 Å². The van der Waals surface area contributed by atoms with Crippen LogP contribution in [0.1, 0.15) is 5.56 Å². The SMILES string of the molecule is NCC(=O)NC[c-]1cccc1.[Fe].[cH-]1[cH-][cH-][cH-][cH-]1. The second-order valence-electron chi connectivity index (χ2n) is 3.24. The summed E-state index contributed by atoms with van der Waals surface area (Å²) in [5, 5.41) is 2.67. The molecule has 17 heavy (non-hydrogen) atoms. The van der Waals surface area contributed by atoms with E-state index >= 15 is 0 Å². The van der Waals surface area contributed by atoms with E-state index in [9.17, 15) is 4.79 Å². The first-order valence-corrected chi connectivity index (χ1v) is 5.17. The molecule has 3 nitrogen and oxygen atoms in total. The van der Waals surface area contributed by atoms with Crippen molar-refractivity contribution in [1.29, 1.82) is 0 Å². The Balaban J connectivity index is 0.000000360. The first kappa shape index (κ1) is 15.6. The van der Waals surface area contributed by atoms with E-state index in [2.05, 4.69) is 5.32 Å². The van der Waals surface area contributed by atoms with Crippen molar-refractivity contribution < 1.29 is 21.9 Å². The van der Waals surface area contributed by atoms with Gasteiger partial charge in [0.2, 0.25) is 5.91 Å². The van der Waals surface area contributed by atoms with Crippen LogP contribution in [0.3, 0.4) is 0 Å². The van der Waals surface area contributed by atoms with Crippen molar-refractivity contribution in [1.82, 2.24) is 5.32 Å². The van der Waals surface area contributed by atoms with Crippen LogP contribution in [0.25, 0.3) is 0 Å². The molecule has 1 amide bonds. The molecule has 2 aromatic rings. The van der Waals surface area contributed by atoms with Crippen LogP contribution in [0.4, 0.5) is 0 Å². The zero-order valence-corrected chi connectivity index (χ0v) is 10.6. The molecule has 0 aliphatic heterocycles. The predicted octanol–water partition coefficient (Wildman–Crippen LogP) is 1.38. The van der Waals surface area contributed by atoms with Gasteiger partial charge in [-0.15, -0.1) is 5.56 Å². The summed E-state index contributed by atoms with van der Waals surface area (Å²) >= 11 is 0. The molecular weight excluding hydrogens is 256 g/mol. The summed E-state index contributed by atoms with van der Waals surface area (Å²) in [7, 11) is 0. The maximum atomic E-state index is 10.7. The Hall–Kier alpha value is -1.35. The van der Waals surface area contributed by atoms with Crippen molar-refractivity contribution in [3.8, 4) is 0 Å². The van der Waals surface area contributed by atoms with E-state index < -0.39 is 0 Å². The molecule has 0 aliphatic rings. The van der Waals surface area contributed by atoms with E-state index in [0.29, 0.717) is 6.54 Å². The molecule has 0 unspecified atom stereocenters. The molecule has 0 fully saturated rings. The van der Waals surface area contributed by atoms with Gasteiger partial charge in [0, 0.05) is 17.1 Å². The molecule has 0 bridgehead atoms. The van der Waals surface area contributed by atoms with Crippen molar-refractivity contribution in [2.24, 2.45) is 5.73 Å². The molecule has 0 aliphatic carbocycles. The minimum absolute atomic E-state index is 0. The van der Waals surface area contributed by atoms with Gasteiger partial charge in [-0.2, -0.15) is 12.1 Å². The van der Waals surface area contributed by atoms with Gasteiger partial charge in [0.15, 0.2) is 0 Å². The summed E-state index contributed by atoms with van der Waals surface area (Å²) < 4.78 is 0. The van der Waals surface area contributed by atoms with Crippen LogP contribution >= 0.6 is 0 Å². The van der Waals surface area contributed by atoms with E-state index in [1.165, 1.54) is 0 Å². The third-order valence-corrected chi connectivity index (χ3v) is 1.96. The zero-order chi connectivity index (χ0) is 11.6. The molecule has 0 aromatic heterocycles. The minimum Gasteiger partial charge on any atom is -0.748 e. The standard InChI is InChI=1S/C8H11N2O.C5H5.Fe/c9-5-8(11)10-6-7-3-1-2-4-7;1-2-4-5-3-1;/h1-4H,5-6,9H2,(H,10,11);1-5H;/q-1;-5;. The monoisotopic (exact) mass is 272 g/mol. The van der Waals surface area contributed by atoms with Crippen LogP contribution in [-0.4, -0.2) is 12.5 Å². The summed E-state index contributed by atoms with van der Waals surface area (Å²) in [6.45, 7) is 0.629. The molecular formula is C13H16FeN2O-6. The Labute approximate surface area is 112 Å². The van der Waals surface area contributed by atoms with Crippen molar-refractivity contribution in [3.05, 3.63) is 60.2 Å².